The average molecular weight is 310 g/mol. The highest BCUT2D eigenvalue weighted by Gasteiger charge is 2.36. The number of aliphatic hydroxyl groups is 1. The number of carbonyl (C=O) groups is 1. The van der Waals surface area contributed by atoms with Crippen molar-refractivity contribution in [2.24, 2.45) is 5.41 Å². The van der Waals surface area contributed by atoms with Gasteiger partial charge in [0, 0.05) is 11.6 Å². The predicted molar refractivity (Wildman–Crippen MR) is 85.4 cm³/mol. The molecule has 1 fully saturated rings. The van der Waals surface area contributed by atoms with Crippen LogP contribution < -0.4 is 5.32 Å². The van der Waals surface area contributed by atoms with Crippen molar-refractivity contribution >= 4 is 17.5 Å². The highest BCUT2D eigenvalue weighted by Crippen LogP contribution is 2.39. The Morgan fingerprint density at radius 2 is 1.86 bits per heavy atom. The smallest absolute Gasteiger partial charge is 0.224 e. The first kappa shape index (κ1) is 16.3. The second-order valence-corrected chi connectivity index (χ2v) is 7.34. The molecule has 1 aliphatic rings. The molecule has 1 aromatic rings. The zero-order valence-corrected chi connectivity index (χ0v) is 13.5. The quantitative estimate of drug-likeness (QED) is 0.896. The Hall–Kier alpha value is -1.06. The zero-order valence-electron chi connectivity index (χ0n) is 12.8. The van der Waals surface area contributed by atoms with E-state index in [-0.39, 0.29) is 12.3 Å². The normalized spacial score (nSPS) is 20.0. The summed E-state index contributed by atoms with van der Waals surface area (Å²) >= 11 is 6.05. The standard InChI is InChI=1S/C17H24ClNO2/c1-16(2)7-9-17(21,10-8-16)12-19-15(20)11-13-5-3-4-6-14(13)18/h3-6,21H,7-12H2,1-2H3,(H,19,20). The summed E-state index contributed by atoms with van der Waals surface area (Å²) in [4.78, 5) is 12.0. The van der Waals surface area contributed by atoms with E-state index < -0.39 is 5.60 Å². The molecule has 0 radical (unpaired) electrons. The molecule has 0 atom stereocenters. The van der Waals surface area contributed by atoms with Gasteiger partial charge in [-0.15, -0.1) is 0 Å². The van der Waals surface area contributed by atoms with E-state index in [1.54, 1.807) is 6.07 Å². The summed E-state index contributed by atoms with van der Waals surface area (Å²) in [6.45, 7) is 4.78. The molecule has 21 heavy (non-hydrogen) atoms. The molecule has 0 heterocycles. The Morgan fingerprint density at radius 3 is 2.48 bits per heavy atom. The first-order valence-electron chi connectivity index (χ1n) is 7.52. The van der Waals surface area contributed by atoms with E-state index in [9.17, 15) is 9.90 Å². The maximum atomic E-state index is 12.0. The van der Waals surface area contributed by atoms with Gasteiger partial charge in [0.25, 0.3) is 0 Å². The number of benzene rings is 1. The molecule has 3 nitrogen and oxygen atoms in total. The van der Waals surface area contributed by atoms with Gasteiger partial charge in [-0.2, -0.15) is 0 Å². The van der Waals surface area contributed by atoms with Gasteiger partial charge in [0.1, 0.15) is 0 Å². The van der Waals surface area contributed by atoms with E-state index in [0.717, 1.165) is 31.2 Å². The largest absolute Gasteiger partial charge is 0.388 e. The molecule has 1 amide bonds. The summed E-state index contributed by atoms with van der Waals surface area (Å²) < 4.78 is 0. The van der Waals surface area contributed by atoms with Crippen LogP contribution in [-0.2, 0) is 11.2 Å². The summed E-state index contributed by atoms with van der Waals surface area (Å²) in [7, 11) is 0. The molecule has 0 bridgehead atoms. The van der Waals surface area contributed by atoms with Crippen LogP contribution in [0.3, 0.4) is 0 Å². The van der Waals surface area contributed by atoms with Gasteiger partial charge in [-0.05, 0) is 42.7 Å². The fourth-order valence-corrected chi connectivity index (χ4v) is 2.91. The highest BCUT2D eigenvalue weighted by molar-refractivity contribution is 6.31. The third-order valence-electron chi connectivity index (χ3n) is 4.46. The first-order valence-corrected chi connectivity index (χ1v) is 7.90. The fraction of sp³-hybridized carbons (Fsp3) is 0.588. The molecule has 0 aromatic heterocycles. The van der Waals surface area contributed by atoms with Gasteiger partial charge in [0.2, 0.25) is 5.91 Å². The molecule has 4 heteroatoms. The summed E-state index contributed by atoms with van der Waals surface area (Å²) in [5, 5.41) is 14.0. The summed E-state index contributed by atoms with van der Waals surface area (Å²) in [6.07, 6.45) is 3.72. The van der Waals surface area contributed by atoms with Crippen LogP contribution in [0.2, 0.25) is 5.02 Å². The lowest BCUT2D eigenvalue weighted by atomic mass is 9.71. The third kappa shape index (κ3) is 4.72. The van der Waals surface area contributed by atoms with Gasteiger partial charge in [0.15, 0.2) is 0 Å². The minimum atomic E-state index is -0.758. The molecule has 2 rings (SSSR count). The van der Waals surface area contributed by atoms with Crippen molar-refractivity contribution in [3.8, 4) is 0 Å². The monoisotopic (exact) mass is 309 g/mol. The Balaban J connectivity index is 1.83. The summed E-state index contributed by atoms with van der Waals surface area (Å²) in [6, 6.07) is 7.34. The van der Waals surface area contributed by atoms with Crippen LogP contribution >= 0.6 is 11.6 Å². The number of amides is 1. The predicted octanol–water partition coefficient (Wildman–Crippen LogP) is 3.33. The molecule has 0 aliphatic heterocycles. The number of rotatable bonds is 4. The molecular formula is C17H24ClNO2. The van der Waals surface area contributed by atoms with Crippen LogP contribution in [-0.4, -0.2) is 23.2 Å². The van der Waals surface area contributed by atoms with Gasteiger partial charge in [0.05, 0.1) is 12.0 Å². The molecule has 2 N–H and O–H groups in total. The Labute approximate surface area is 131 Å². The van der Waals surface area contributed by atoms with Gasteiger partial charge >= 0.3 is 0 Å². The highest BCUT2D eigenvalue weighted by atomic mass is 35.5. The number of hydrogen-bond acceptors (Lipinski definition) is 2. The lowest BCUT2D eigenvalue weighted by molar-refractivity contribution is -0.122. The van der Waals surface area contributed by atoms with Crippen molar-refractivity contribution in [1.82, 2.24) is 5.32 Å². The maximum Gasteiger partial charge on any atom is 0.224 e. The van der Waals surface area contributed by atoms with Gasteiger partial charge in [-0.3, -0.25) is 4.79 Å². The van der Waals surface area contributed by atoms with Crippen LogP contribution in [0.4, 0.5) is 0 Å². The van der Waals surface area contributed by atoms with Crippen molar-refractivity contribution in [3.05, 3.63) is 34.9 Å². The number of carbonyl (C=O) groups excluding carboxylic acids is 1. The topological polar surface area (TPSA) is 49.3 Å². The molecule has 0 spiro atoms. The van der Waals surface area contributed by atoms with Crippen LogP contribution in [0, 0.1) is 5.41 Å². The Kier molecular flexibility index (Phi) is 4.95. The zero-order chi connectivity index (χ0) is 15.5. The fourth-order valence-electron chi connectivity index (χ4n) is 2.71. The van der Waals surface area contributed by atoms with Crippen LogP contribution in [0.25, 0.3) is 0 Å². The molecule has 1 saturated carbocycles. The lowest BCUT2D eigenvalue weighted by Crippen LogP contribution is -2.46. The van der Waals surface area contributed by atoms with E-state index in [2.05, 4.69) is 19.2 Å². The van der Waals surface area contributed by atoms with E-state index in [4.69, 9.17) is 11.6 Å². The second-order valence-electron chi connectivity index (χ2n) is 6.93. The SMILES string of the molecule is CC1(C)CCC(O)(CNC(=O)Cc2ccccc2Cl)CC1. The summed E-state index contributed by atoms with van der Waals surface area (Å²) in [5.41, 5.74) is 0.355. The third-order valence-corrected chi connectivity index (χ3v) is 4.83. The van der Waals surface area contributed by atoms with E-state index >= 15 is 0 Å². The van der Waals surface area contributed by atoms with Gasteiger partial charge < -0.3 is 10.4 Å². The summed E-state index contributed by atoms with van der Waals surface area (Å²) in [5.74, 6) is -0.0960. The van der Waals surface area contributed by atoms with Crippen molar-refractivity contribution in [1.29, 1.82) is 0 Å². The van der Waals surface area contributed by atoms with Gasteiger partial charge in [-0.1, -0.05) is 43.6 Å². The molecular weight excluding hydrogens is 286 g/mol. The van der Waals surface area contributed by atoms with Crippen molar-refractivity contribution in [2.75, 3.05) is 6.54 Å². The van der Waals surface area contributed by atoms with E-state index in [1.165, 1.54) is 0 Å². The lowest BCUT2D eigenvalue weighted by Gasteiger charge is -2.40. The van der Waals surface area contributed by atoms with E-state index in [1.807, 2.05) is 18.2 Å². The van der Waals surface area contributed by atoms with E-state index in [0.29, 0.717) is 17.0 Å². The van der Waals surface area contributed by atoms with Crippen molar-refractivity contribution in [2.45, 2.75) is 51.6 Å². The minimum Gasteiger partial charge on any atom is -0.388 e. The maximum absolute atomic E-state index is 12.0. The molecule has 0 unspecified atom stereocenters. The van der Waals surface area contributed by atoms with Crippen molar-refractivity contribution < 1.29 is 9.90 Å². The molecule has 1 aliphatic carbocycles. The number of halogens is 1. The first-order chi connectivity index (χ1) is 9.80. The molecule has 116 valence electrons. The number of nitrogens with one attached hydrogen (secondary N) is 1. The van der Waals surface area contributed by atoms with Crippen molar-refractivity contribution in [3.63, 3.8) is 0 Å². The second kappa shape index (κ2) is 6.37. The molecule has 1 aromatic carbocycles. The van der Waals surface area contributed by atoms with Crippen LogP contribution in [0.1, 0.15) is 45.1 Å². The Morgan fingerprint density at radius 1 is 1.24 bits per heavy atom. The average Bonchev–Trinajstić information content (AvgIpc) is 2.43. The molecule has 0 saturated heterocycles. The van der Waals surface area contributed by atoms with Crippen LogP contribution in [0.5, 0.6) is 0 Å². The minimum absolute atomic E-state index is 0.0960. The van der Waals surface area contributed by atoms with Crippen LogP contribution in [0.15, 0.2) is 24.3 Å². The number of hydrogen-bond donors (Lipinski definition) is 2. The Bertz CT molecular complexity index is 503. The van der Waals surface area contributed by atoms with Gasteiger partial charge in [-0.25, -0.2) is 0 Å².